The second-order valence-electron chi connectivity index (χ2n) is 9.87. The third-order valence-corrected chi connectivity index (χ3v) is 7.78. The largest absolute Gasteiger partial charge is 0.507 e. The van der Waals surface area contributed by atoms with Crippen molar-refractivity contribution in [3.63, 3.8) is 0 Å². The molecule has 1 aromatic carbocycles. The number of aliphatic hydroxyl groups is 1. The topological polar surface area (TPSA) is 181 Å². The fraction of sp³-hybridized carbons (Fsp3) is 0.400. The average Bonchev–Trinajstić information content (AvgIpc) is 2.81. The van der Waals surface area contributed by atoms with E-state index in [1.165, 1.54) is 29.6 Å². The molecule has 2 saturated carbocycles. The number of aromatic hydroxyl groups is 1. The molecule has 3 unspecified atom stereocenters. The number of ketones is 4. The molecule has 3 aliphatic rings. The summed E-state index contributed by atoms with van der Waals surface area (Å²) in [5, 5.41) is 22.1. The van der Waals surface area contributed by atoms with Gasteiger partial charge in [0, 0.05) is 23.9 Å². The van der Waals surface area contributed by atoms with Crippen LogP contribution in [-0.2, 0) is 25.6 Å². The number of nitrogens with two attached hydrogens (primary N) is 1. The van der Waals surface area contributed by atoms with Crippen LogP contribution in [0, 0.1) is 23.7 Å². The van der Waals surface area contributed by atoms with Gasteiger partial charge in [0.15, 0.2) is 34.7 Å². The molecule has 2 fully saturated rings. The molecule has 36 heavy (non-hydrogen) atoms. The summed E-state index contributed by atoms with van der Waals surface area (Å²) in [6.45, 7) is 0. The van der Waals surface area contributed by atoms with Crippen molar-refractivity contribution in [2.45, 2.75) is 24.5 Å². The third-order valence-electron chi connectivity index (χ3n) is 7.78. The van der Waals surface area contributed by atoms with E-state index in [9.17, 15) is 34.2 Å². The molecule has 1 heterocycles. The number of Topliss-reactive ketones (excluding diaryl/α,β-unsaturated/α-hetero) is 4. The maximum Gasteiger partial charge on any atom is 0.235 e. The van der Waals surface area contributed by atoms with E-state index in [0.29, 0.717) is 16.8 Å². The minimum absolute atomic E-state index is 0.0144. The monoisotopic (exact) mass is 492 g/mol. The SMILES string of the molecule is CN(C)C1C(=O)C(C(N)=O)C(=O)[C@@]2(O)C(=O)C3C(=O)c4c(O)ccc(-c5cnccn5)c4C[C@H]3C[C@@H]12. The maximum absolute atomic E-state index is 13.8. The first-order chi connectivity index (χ1) is 17.0. The van der Waals surface area contributed by atoms with Gasteiger partial charge in [0.2, 0.25) is 5.91 Å². The van der Waals surface area contributed by atoms with Crippen molar-refractivity contribution in [3.8, 4) is 17.0 Å². The van der Waals surface area contributed by atoms with Gasteiger partial charge in [-0.1, -0.05) is 0 Å². The van der Waals surface area contributed by atoms with Crippen LogP contribution in [0.5, 0.6) is 5.75 Å². The highest BCUT2D eigenvalue weighted by atomic mass is 16.3. The number of benzene rings is 1. The van der Waals surface area contributed by atoms with Crippen LogP contribution >= 0.6 is 0 Å². The number of amides is 1. The summed E-state index contributed by atoms with van der Waals surface area (Å²) in [7, 11) is 3.08. The van der Waals surface area contributed by atoms with Gasteiger partial charge in [-0.15, -0.1) is 0 Å². The van der Waals surface area contributed by atoms with Crippen molar-refractivity contribution in [1.82, 2.24) is 14.9 Å². The summed E-state index contributed by atoms with van der Waals surface area (Å²) >= 11 is 0. The first-order valence-electron chi connectivity index (χ1n) is 11.5. The highest BCUT2D eigenvalue weighted by molar-refractivity contribution is 6.32. The normalized spacial score (nSPS) is 31.6. The smallest absolute Gasteiger partial charge is 0.235 e. The fourth-order valence-electron chi connectivity index (χ4n) is 6.28. The molecule has 0 radical (unpaired) electrons. The molecule has 6 atom stereocenters. The first-order valence-corrected chi connectivity index (χ1v) is 11.5. The minimum Gasteiger partial charge on any atom is -0.507 e. The van der Waals surface area contributed by atoms with E-state index in [0.717, 1.165) is 0 Å². The second-order valence-corrected chi connectivity index (χ2v) is 9.87. The second kappa shape index (κ2) is 8.10. The van der Waals surface area contributed by atoms with E-state index in [2.05, 4.69) is 9.97 Å². The average molecular weight is 492 g/mol. The van der Waals surface area contributed by atoms with Crippen LogP contribution in [0.25, 0.3) is 11.3 Å². The summed E-state index contributed by atoms with van der Waals surface area (Å²) in [5.41, 5.74) is 4.00. The van der Waals surface area contributed by atoms with Crippen molar-refractivity contribution < 1.29 is 34.2 Å². The number of likely N-dealkylation sites (N-methyl/N-ethyl adjacent to an activating group) is 1. The molecule has 5 rings (SSSR count). The lowest BCUT2D eigenvalue weighted by atomic mass is 9.52. The number of carbonyl (C=O) groups is 5. The molecule has 1 aromatic heterocycles. The van der Waals surface area contributed by atoms with Crippen LogP contribution in [-0.4, -0.2) is 79.9 Å². The molecule has 0 spiro atoms. The van der Waals surface area contributed by atoms with Gasteiger partial charge in [-0.2, -0.15) is 0 Å². The van der Waals surface area contributed by atoms with Crippen molar-refractivity contribution in [1.29, 1.82) is 0 Å². The maximum atomic E-state index is 13.8. The van der Waals surface area contributed by atoms with Crippen LogP contribution in [0.1, 0.15) is 22.3 Å². The summed E-state index contributed by atoms with van der Waals surface area (Å²) in [5.74, 6) is -10.7. The molecule has 0 aliphatic heterocycles. The lowest BCUT2D eigenvalue weighted by Gasteiger charge is -2.52. The number of nitrogens with zero attached hydrogens (tertiary/aromatic N) is 3. The van der Waals surface area contributed by atoms with Crippen LogP contribution < -0.4 is 5.73 Å². The van der Waals surface area contributed by atoms with Crippen molar-refractivity contribution in [3.05, 3.63) is 41.9 Å². The molecule has 11 heteroatoms. The molecular formula is C25H24N4O7. The number of aromatic nitrogens is 2. The van der Waals surface area contributed by atoms with Crippen LogP contribution in [0.3, 0.4) is 0 Å². The Morgan fingerprint density at radius 2 is 1.86 bits per heavy atom. The van der Waals surface area contributed by atoms with Gasteiger partial charge in [0.25, 0.3) is 0 Å². The Bertz CT molecular complexity index is 1340. The highest BCUT2D eigenvalue weighted by Gasteiger charge is 2.69. The van der Waals surface area contributed by atoms with E-state index in [-0.39, 0.29) is 24.2 Å². The van der Waals surface area contributed by atoms with E-state index < -0.39 is 64.4 Å². The summed E-state index contributed by atoms with van der Waals surface area (Å²) in [6.07, 6.45) is 4.64. The summed E-state index contributed by atoms with van der Waals surface area (Å²) < 4.78 is 0. The van der Waals surface area contributed by atoms with Crippen LogP contribution in [0.15, 0.2) is 30.7 Å². The van der Waals surface area contributed by atoms with E-state index in [1.54, 1.807) is 20.2 Å². The zero-order valence-electron chi connectivity index (χ0n) is 19.5. The molecule has 1 amide bonds. The standard InChI is InChI=1S/C25H24N4O7/c1-29(2)19-13-8-10-7-12-11(14-9-27-5-6-28-14)3-4-15(30)17(12)20(31)16(10)22(33)25(13,36)23(34)18(21(19)32)24(26)35/h3-6,9-10,13,16,18-19,30,36H,7-8H2,1-2H3,(H2,26,35)/t10-,13-,16?,18?,19?,25-/m0/s1. The van der Waals surface area contributed by atoms with Gasteiger partial charge < -0.3 is 15.9 Å². The molecule has 3 aliphatic carbocycles. The third kappa shape index (κ3) is 3.09. The summed E-state index contributed by atoms with van der Waals surface area (Å²) in [6, 6.07) is 1.79. The zero-order chi connectivity index (χ0) is 26.1. The number of hydrogen-bond donors (Lipinski definition) is 3. The van der Waals surface area contributed by atoms with Crippen molar-refractivity contribution in [2.24, 2.45) is 29.4 Å². The lowest BCUT2D eigenvalue weighted by Crippen LogP contribution is -2.74. The Morgan fingerprint density at radius 3 is 2.47 bits per heavy atom. The van der Waals surface area contributed by atoms with Gasteiger partial charge in [0.05, 0.1) is 29.4 Å². The van der Waals surface area contributed by atoms with Gasteiger partial charge in [0.1, 0.15) is 5.75 Å². The molecule has 11 nitrogen and oxygen atoms in total. The Labute approximate surface area is 205 Å². The first kappa shape index (κ1) is 23.9. The number of phenolic OH excluding ortho intramolecular Hbond substituents is 1. The van der Waals surface area contributed by atoms with Crippen LogP contribution in [0.2, 0.25) is 0 Å². The molecule has 0 bridgehead atoms. The predicted molar refractivity (Wildman–Crippen MR) is 122 cm³/mol. The van der Waals surface area contributed by atoms with Gasteiger partial charge in [-0.05, 0) is 50.6 Å². The number of carbonyl (C=O) groups excluding carboxylic acids is 5. The minimum atomic E-state index is -2.74. The van der Waals surface area contributed by atoms with Crippen molar-refractivity contribution >= 4 is 29.0 Å². The number of fused-ring (bicyclic) bond motifs is 3. The molecule has 186 valence electrons. The van der Waals surface area contributed by atoms with E-state index in [1.807, 2.05) is 0 Å². The number of hydrogen-bond acceptors (Lipinski definition) is 10. The quantitative estimate of drug-likeness (QED) is 0.465. The van der Waals surface area contributed by atoms with Gasteiger partial charge >= 0.3 is 0 Å². The molecule has 4 N–H and O–H groups in total. The molecule has 2 aromatic rings. The van der Waals surface area contributed by atoms with Crippen molar-refractivity contribution in [2.75, 3.05) is 14.1 Å². The lowest BCUT2D eigenvalue weighted by molar-refractivity contribution is -0.181. The van der Waals surface area contributed by atoms with Gasteiger partial charge in [-0.3, -0.25) is 38.8 Å². The number of primary amides is 1. The molecular weight excluding hydrogens is 468 g/mol. The number of rotatable bonds is 3. The van der Waals surface area contributed by atoms with E-state index >= 15 is 0 Å². The Balaban J connectivity index is 1.66. The Hall–Kier alpha value is -3.83. The predicted octanol–water partition coefficient (Wildman–Crippen LogP) is -0.676. The van der Waals surface area contributed by atoms with Gasteiger partial charge in [-0.25, -0.2) is 0 Å². The van der Waals surface area contributed by atoms with Crippen LogP contribution in [0.4, 0.5) is 0 Å². The molecule has 0 saturated heterocycles. The zero-order valence-corrected chi connectivity index (χ0v) is 19.5. The Kier molecular flexibility index (Phi) is 5.38. The fourth-order valence-corrected chi connectivity index (χ4v) is 6.28. The Morgan fingerprint density at radius 1 is 1.14 bits per heavy atom. The van der Waals surface area contributed by atoms with E-state index in [4.69, 9.17) is 5.73 Å². The summed E-state index contributed by atoms with van der Waals surface area (Å²) in [4.78, 5) is 75.7. The number of phenols is 1. The highest BCUT2D eigenvalue weighted by Crippen LogP contribution is 2.51.